The lowest BCUT2D eigenvalue weighted by Crippen LogP contribution is -2.24. The summed E-state index contributed by atoms with van der Waals surface area (Å²) in [4.78, 5) is 27.6. The first kappa shape index (κ1) is 20.3. The Morgan fingerprint density at radius 3 is 2.03 bits per heavy atom. The molecule has 2 aromatic carbocycles. The minimum atomic E-state index is -0.00719. The van der Waals surface area contributed by atoms with Crippen LogP contribution in [0.3, 0.4) is 0 Å². The van der Waals surface area contributed by atoms with Crippen LogP contribution >= 0.6 is 22.7 Å². The summed E-state index contributed by atoms with van der Waals surface area (Å²) in [6.45, 7) is 0.428. The first-order chi connectivity index (χ1) is 14.7. The minimum absolute atomic E-state index is 0.00621. The number of carbonyl (C=O) groups excluding carboxylic acids is 2. The van der Waals surface area contributed by atoms with E-state index >= 15 is 0 Å². The fourth-order valence-electron chi connectivity index (χ4n) is 3.37. The highest BCUT2D eigenvalue weighted by Crippen LogP contribution is 2.28. The molecule has 0 saturated heterocycles. The van der Waals surface area contributed by atoms with Crippen molar-refractivity contribution in [1.29, 1.82) is 0 Å². The Kier molecular flexibility index (Phi) is 6.52. The Hall–Kier alpha value is -3.02. The molecule has 0 aliphatic rings. The van der Waals surface area contributed by atoms with Gasteiger partial charge in [-0.05, 0) is 34.7 Å². The number of amides is 1. The Morgan fingerprint density at radius 2 is 1.43 bits per heavy atom. The van der Waals surface area contributed by atoms with Crippen molar-refractivity contribution in [2.24, 2.45) is 0 Å². The smallest absolute Gasteiger partial charge is 0.221 e. The van der Waals surface area contributed by atoms with Crippen molar-refractivity contribution < 1.29 is 9.59 Å². The van der Waals surface area contributed by atoms with Crippen LogP contribution in [0, 0.1) is 0 Å². The molecule has 3 nitrogen and oxygen atoms in total. The zero-order valence-corrected chi connectivity index (χ0v) is 17.9. The van der Waals surface area contributed by atoms with Crippen molar-refractivity contribution in [3.05, 3.63) is 116 Å². The predicted octanol–water partition coefficient (Wildman–Crippen LogP) is 5.88. The van der Waals surface area contributed by atoms with Crippen molar-refractivity contribution in [2.75, 3.05) is 0 Å². The fraction of sp³-hybridized carbons (Fsp3) is 0.120. The van der Waals surface area contributed by atoms with Gasteiger partial charge >= 0.3 is 0 Å². The van der Waals surface area contributed by atoms with Crippen LogP contribution in [0.5, 0.6) is 0 Å². The second-order valence-electron chi connectivity index (χ2n) is 6.93. The predicted molar refractivity (Wildman–Crippen MR) is 123 cm³/mol. The Morgan fingerprint density at radius 1 is 0.767 bits per heavy atom. The van der Waals surface area contributed by atoms with Gasteiger partial charge in [0, 0.05) is 17.2 Å². The molecule has 0 spiro atoms. The third-order valence-corrected chi connectivity index (χ3v) is 6.84. The lowest BCUT2D eigenvalue weighted by molar-refractivity contribution is -0.121. The van der Waals surface area contributed by atoms with Crippen molar-refractivity contribution in [3.63, 3.8) is 0 Å². The van der Waals surface area contributed by atoms with E-state index in [0.29, 0.717) is 17.8 Å². The summed E-state index contributed by atoms with van der Waals surface area (Å²) >= 11 is 2.88. The van der Waals surface area contributed by atoms with Gasteiger partial charge in [0.15, 0.2) is 0 Å². The molecule has 0 radical (unpaired) electrons. The van der Waals surface area contributed by atoms with Gasteiger partial charge in [-0.25, -0.2) is 0 Å². The standard InChI is InChI=1S/C25H21NO2S2/c27-24(16-21(18-8-3-1-4-9-18)19-10-5-2-6-11-19)26-17-20-13-14-23(30-20)25(28)22-12-7-15-29-22/h1-15,21H,16-17H2,(H,26,27). The Balaban J connectivity index is 1.40. The quantitative estimate of drug-likeness (QED) is 0.354. The largest absolute Gasteiger partial charge is 0.351 e. The summed E-state index contributed by atoms with van der Waals surface area (Å²) in [6.07, 6.45) is 0.375. The van der Waals surface area contributed by atoms with Gasteiger partial charge in [0.05, 0.1) is 16.3 Å². The van der Waals surface area contributed by atoms with Crippen LogP contribution in [0.4, 0.5) is 0 Å². The SMILES string of the molecule is O=C(CC(c1ccccc1)c1ccccc1)NCc1ccc(C(=O)c2cccs2)s1. The maximum absolute atomic E-state index is 12.7. The molecular formula is C25H21NO2S2. The average Bonchev–Trinajstić information content (AvgIpc) is 3.49. The van der Waals surface area contributed by atoms with E-state index in [1.54, 1.807) is 0 Å². The zero-order valence-electron chi connectivity index (χ0n) is 16.3. The molecule has 2 aromatic heterocycles. The van der Waals surface area contributed by atoms with Gasteiger partial charge < -0.3 is 5.32 Å². The first-order valence-corrected chi connectivity index (χ1v) is 11.4. The van der Waals surface area contributed by atoms with Crippen LogP contribution < -0.4 is 5.32 Å². The molecule has 1 amide bonds. The van der Waals surface area contributed by atoms with Crippen LogP contribution in [0.25, 0.3) is 0 Å². The maximum Gasteiger partial charge on any atom is 0.221 e. The summed E-state index contributed by atoms with van der Waals surface area (Å²) in [5.41, 5.74) is 2.25. The lowest BCUT2D eigenvalue weighted by Gasteiger charge is -2.17. The average molecular weight is 432 g/mol. The van der Waals surface area contributed by atoms with Gasteiger partial charge in [0.2, 0.25) is 11.7 Å². The normalized spacial score (nSPS) is 10.8. The maximum atomic E-state index is 12.7. The number of thiophene rings is 2. The Labute approximate surface area is 184 Å². The van der Waals surface area contributed by atoms with Gasteiger partial charge in [0.1, 0.15) is 0 Å². The van der Waals surface area contributed by atoms with Gasteiger partial charge in [-0.1, -0.05) is 66.7 Å². The van der Waals surface area contributed by atoms with E-state index in [1.807, 2.05) is 66.0 Å². The number of ketones is 1. The molecule has 0 unspecified atom stereocenters. The number of carbonyl (C=O) groups is 2. The van der Waals surface area contributed by atoms with E-state index < -0.39 is 0 Å². The molecule has 0 aliphatic heterocycles. The van der Waals surface area contributed by atoms with Crippen molar-refractivity contribution in [3.8, 4) is 0 Å². The highest BCUT2D eigenvalue weighted by Gasteiger charge is 2.18. The number of nitrogens with one attached hydrogen (secondary N) is 1. The molecule has 0 bridgehead atoms. The second-order valence-corrected chi connectivity index (χ2v) is 9.04. The molecule has 0 aliphatic carbocycles. The van der Waals surface area contributed by atoms with E-state index in [2.05, 4.69) is 29.6 Å². The zero-order chi connectivity index (χ0) is 20.8. The molecule has 4 rings (SSSR count). The molecule has 150 valence electrons. The molecule has 0 fully saturated rings. The summed E-state index contributed by atoms with van der Waals surface area (Å²) in [7, 11) is 0. The molecular weight excluding hydrogens is 410 g/mol. The molecule has 5 heteroatoms. The van der Waals surface area contributed by atoms with Crippen LogP contribution in [-0.2, 0) is 11.3 Å². The topological polar surface area (TPSA) is 46.2 Å². The van der Waals surface area contributed by atoms with Crippen LogP contribution in [0.15, 0.2) is 90.3 Å². The number of hydrogen-bond donors (Lipinski definition) is 1. The second kappa shape index (κ2) is 9.65. The van der Waals surface area contributed by atoms with Crippen LogP contribution in [-0.4, -0.2) is 11.7 Å². The summed E-state index contributed by atoms with van der Waals surface area (Å²) in [5, 5.41) is 4.92. The molecule has 4 aromatic rings. The number of hydrogen-bond acceptors (Lipinski definition) is 4. The van der Waals surface area contributed by atoms with E-state index in [1.165, 1.54) is 22.7 Å². The fourth-order valence-corrected chi connectivity index (χ4v) is 5.01. The molecule has 0 saturated carbocycles. The van der Waals surface area contributed by atoms with Crippen LogP contribution in [0.2, 0.25) is 0 Å². The minimum Gasteiger partial charge on any atom is -0.351 e. The van der Waals surface area contributed by atoms with Gasteiger partial charge in [-0.2, -0.15) is 0 Å². The third-order valence-electron chi connectivity index (χ3n) is 4.88. The van der Waals surface area contributed by atoms with Gasteiger partial charge in [-0.3, -0.25) is 9.59 Å². The highest BCUT2D eigenvalue weighted by molar-refractivity contribution is 7.16. The van der Waals surface area contributed by atoms with Crippen molar-refractivity contribution in [1.82, 2.24) is 5.32 Å². The molecule has 30 heavy (non-hydrogen) atoms. The molecule has 2 heterocycles. The van der Waals surface area contributed by atoms with E-state index in [4.69, 9.17) is 0 Å². The summed E-state index contributed by atoms with van der Waals surface area (Å²) in [5.74, 6) is 0.0414. The van der Waals surface area contributed by atoms with Crippen molar-refractivity contribution in [2.45, 2.75) is 18.9 Å². The highest BCUT2D eigenvalue weighted by atomic mass is 32.1. The van der Waals surface area contributed by atoms with Crippen LogP contribution in [0.1, 0.15) is 42.9 Å². The Bertz CT molecular complexity index is 1060. The molecule has 0 atom stereocenters. The van der Waals surface area contributed by atoms with E-state index in [0.717, 1.165) is 20.9 Å². The molecule has 1 N–H and O–H groups in total. The van der Waals surface area contributed by atoms with Crippen molar-refractivity contribution >= 4 is 34.4 Å². The summed E-state index contributed by atoms with van der Waals surface area (Å²) < 4.78 is 0. The third kappa shape index (κ3) is 4.93. The number of benzene rings is 2. The van der Waals surface area contributed by atoms with E-state index in [-0.39, 0.29) is 17.6 Å². The summed E-state index contributed by atoms with van der Waals surface area (Å²) in [6, 6.07) is 27.7. The van der Waals surface area contributed by atoms with Gasteiger partial charge in [0.25, 0.3) is 0 Å². The monoisotopic (exact) mass is 431 g/mol. The first-order valence-electron chi connectivity index (χ1n) is 9.74. The van der Waals surface area contributed by atoms with Gasteiger partial charge in [-0.15, -0.1) is 22.7 Å². The number of rotatable bonds is 8. The lowest BCUT2D eigenvalue weighted by atomic mass is 9.88. The van der Waals surface area contributed by atoms with E-state index in [9.17, 15) is 9.59 Å².